The molecule has 0 radical (unpaired) electrons. The average molecular weight is 245 g/mol. The number of nitrogens with zero attached hydrogens (tertiary/aromatic N) is 1. The molecule has 0 bridgehead atoms. The van der Waals surface area contributed by atoms with Gasteiger partial charge in [-0.3, -0.25) is 0 Å². The van der Waals surface area contributed by atoms with Crippen molar-refractivity contribution in [2.24, 2.45) is 0 Å². The quantitative estimate of drug-likeness (QED) is 0.763. The number of rotatable bonds is 4. The van der Waals surface area contributed by atoms with Gasteiger partial charge in [-0.05, 0) is 25.7 Å². The summed E-state index contributed by atoms with van der Waals surface area (Å²) in [7, 11) is -3.17. The van der Waals surface area contributed by atoms with Crippen LogP contribution in [0.25, 0.3) is 0 Å². The Labute approximate surface area is 99.6 Å². The smallest absolute Gasteiger partial charge is 0.207 e. The lowest BCUT2D eigenvalue weighted by Gasteiger charge is -2.21. The summed E-state index contributed by atoms with van der Waals surface area (Å²) < 4.78 is 26.1. The zero-order valence-corrected chi connectivity index (χ0v) is 11.2. The number of allylic oxidation sites excluding steroid dienone is 2. The van der Waals surface area contributed by atoms with Crippen LogP contribution in [0.4, 0.5) is 0 Å². The molecule has 0 fully saturated rings. The first kappa shape index (κ1) is 13.7. The van der Waals surface area contributed by atoms with Crippen molar-refractivity contribution in [3.05, 3.63) is 11.0 Å². The van der Waals surface area contributed by atoms with Gasteiger partial charge in [-0.25, -0.2) is 8.42 Å². The molecule has 0 aliphatic heterocycles. The molecule has 94 valence electrons. The molecule has 1 rings (SSSR count). The Bertz CT molecular complexity index is 329. The molecule has 0 spiro atoms. The third-order valence-corrected chi connectivity index (χ3v) is 5.36. The van der Waals surface area contributed by atoms with E-state index in [4.69, 9.17) is 0 Å². The van der Waals surface area contributed by atoms with Gasteiger partial charge in [0, 0.05) is 13.1 Å². The van der Waals surface area contributed by atoms with Gasteiger partial charge < -0.3 is 0 Å². The summed E-state index contributed by atoms with van der Waals surface area (Å²) in [5.41, 5.74) is 0. The Morgan fingerprint density at radius 3 is 2.38 bits per heavy atom. The van der Waals surface area contributed by atoms with Crippen LogP contribution in [0.1, 0.15) is 52.4 Å². The van der Waals surface area contributed by atoms with Crippen molar-refractivity contribution in [3.63, 3.8) is 0 Å². The zero-order chi connectivity index (χ0) is 12.0. The summed E-state index contributed by atoms with van der Waals surface area (Å²) in [4.78, 5) is 0.649. The minimum Gasteiger partial charge on any atom is -0.207 e. The maximum atomic E-state index is 12.3. The molecule has 0 aromatic carbocycles. The lowest BCUT2D eigenvalue weighted by molar-refractivity contribution is 0.448. The Morgan fingerprint density at radius 1 is 1.12 bits per heavy atom. The van der Waals surface area contributed by atoms with Gasteiger partial charge in [0.1, 0.15) is 0 Å². The topological polar surface area (TPSA) is 37.4 Å². The van der Waals surface area contributed by atoms with E-state index in [1.165, 1.54) is 6.42 Å². The monoisotopic (exact) mass is 245 g/mol. The predicted octanol–water partition coefficient (Wildman–Crippen LogP) is 2.90. The van der Waals surface area contributed by atoms with E-state index in [9.17, 15) is 8.42 Å². The van der Waals surface area contributed by atoms with Crippen molar-refractivity contribution >= 4 is 10.0 Å². The number of sulfonamides is 1. The van der Waals surface area contributed by atoms with Crippen LogP contribution in [-0.2, 0) is 10.0 Å². The molecule has 0 aromatic rings. The Kier molecular flexibility index (Phi) is 5.49. The summed E-state index contributed by atoms with van der Waals surface area (Å²) in [6.07, 6.45) is 8.09. The maximum Gasteiger partial charge on any atom is 0.238 e. The molecule has 0 saturated carbocycles. The minimum absolute atomic E-state index is 0.566. The van der Waals surface area contributed by atoms with Crippen LogP contribution in [0.2, 0.25) is 0 Å². The lowest BCUT2D eigenvalue weighted by atomic mass is 10.1. The summed E-state index contributed by atoms with van der Waals surface area (Å²) in [6.45, 7) is 4.92. The molecule has 0 unspecified atom stereocenters. The summed E-state index contributed by atoms with van der Waals surface area (Å²) in [5.74, 6) is 0. The second-order valence-corrected chi connectivity index (χ2v) is 6.20. The highest BCUT2D eigenvalue weighted by Crippen LogP contribution is 2.23. The van der Waals surface area contributed by atoms with Crippen LogP contribution in [-0.4, -0.2) is 25.8 Å². The zero-order valence-electron chi connectivity index (χ0n) is 10.4. The molecule has 3 nitrogen and oxygen atoms in total. The van der Waals surface area contributed by atoms with Gasteiger partial charge in [-0.1, -0.05) is 32.8 Å². The lowest BCUT2D eigenvalue weighted by Crippen LogP contribution is -2.31. The highest BCUT2D eigenvalue weighted by molar-refractivity contribution is 7.93. The second-order valence-electron chi connectivity index (χ2n) is 4.21. The molecule has 0 saturated heterocycles. The molecule has 0 aromatic heterocycles. The van der Waals surface area contributed by atoms with E-state index in [0.717, 1.165) is 32.1 Å². The van der Waals surface area contributed by atoms with Crippen LogP contribution in [0.5, 0.6) is 0 Å². The summed E-state index contributed by atoms with van der Waals surface area (Å²) in [5, 5.41) is 0. The highest BCUT2D eigenvalue weighted by Gasteiger charge is 2.23. The van der Waals surface area contributed by atoms with Gasteiger partial charge in [-0.15, -0.1) is 0 Å². The first-order valence-electron chi connectivity index (χ1n) is 6.32. The van der Waals surface area contributed by atoms with Crippen LogP contribution < -0.4 is 0 Å². The standard InChI is InChI=1S/C12H23NO2S/c1-3-13(4-2)16(14,15)12-10-8-6-5-7-9-11-12/h10H,3-9,11H2,1-2H3/b12-10+. The summed E-state index contributed by atoms with van der Waals surface area (Å²) in [6, 6.07) is 0. The number of hydrogen-bond donors (Lipinski definition) is 0. The fraction of sp³-hybridized carbons (Fsp3) is 0.833. The van der Waals surface area contributed by atoms with E-state index < -0.39 is 10.0 Å². The molecular formula is C12H23NO2S. The molecular weight excluding hydrogens is 222 g/mol. The van der Waals surface area contributed by atoms with E-state index >= 15 is 0 Å². The Morgan fingerprint density at radius 2 is 1.75 bits per heavy atom. The van der Waals surface area contributed by atoms with Crippen molar-refractivity contribution in [2.45, 2.75) is 52.4 Å². The summed E-state index contributed by atoms with van der Waals surface area (Å²) >= 11 is 0. The van der Waals surface area contributed by atoms with E-state index in [-0.39, 0.29) is 0 Å². The third kappa shape index (κ3) is 3.32. The largest absolute Gasteiger partial charge is 0.238 e. The first-order valence-corrected chi connectivity index (χ1v) is 7.76. The van der Waals surface area contributed by atoms with Gasteiger partial charge in [-0.2, -0.15) is 4.31 Å². The highest BCUT2D eigenvalue weighted by atomic mass is 32.2. The van der Waals surface area contributed by atoms with E-state index in [1.54, 1.807) is 4.31 Å². The van der Waals surface area contributed by atoms with Crippen molar-refractivity contribution in [1.29, 1.82) is 0 Å². The van der Waals surface area contributed by atoms with Gasteiger partial charge in [0.25, 0.3) is 0 Å². The molecule has 1 aliphatic rings. The van der Waals surface area contributed by atoms with Gasteiger partial charge >= 0.3 is 0 Å². The van der Waals surface area contributed by atoms with Crippen LogP contribution in [0.3, 0.4) is 0 Å². The number of hydrogen-bond acceptors (Lipinski definition) is 2. The third-order valence-electron chi connectivity index (χ3n) is 3.13. The Hall–Kier alpha value is -0.350. The van der Waals surface area contributed by atoms with Crippen LogP contribution in [0, 0.1) is 0 Å². The minimum atomic E-state index is -3.17. The molecule has 16 heavy (non-hydrogen) atoms. The van der Waals surface area contributed by atoms with E-state index in [1.807, 2.05) is 19.9 Å². The normalized spacial score (nSPS) is 22.3. The van der Waals surface area contributed by atoms with Crippen molar-refractivity contribution in [3.8, 4) is 0 Å². The van der Waals surface area contributed by atoms with Crippen molar-refractivity contribution in [2.75, 3.05) is 13.1 Å². The van der Waals surface area contributed by atoms with Gasteiger partial charge in [0.2, 0.25) is 10.0 Å². The molecule has 0 heterocycles. The van der Waals surface area contributed by atoms with Crippen LogP contribution in [0.15, 0.2) is 11.0 Å². The van der Waals surface area contributed by atoms with E-state index in [2.05, 4.69) is 0 Å². The second kappa shape index (κ2) is 6.40. The van der Waals surface area contributed by atoms with Gasteiger partial charge in [0.05, 0.1) is 4.91 Å². The molecule has 4 heteroatoms. The predicted molar refractivity (Wildman–Crippen MR) is 67.6 cm³/mol. The van der Waals surface area contributed by atoms with Gasteiger partial charge in [0.15, 0.2) is 0 Å². The van der Waals surface area contributed by atoms with E-state index in [0.29, 0.717) is 18.0 Å². The fourth-order valence-electron chi connectivity index (χ4n) is 2.13. The van der Waals surface area contributed by atoms with Crippen LogP contribution >= 0.6 is 0 Å². The molecule has 0 atom stereocenters. The van der Waals surface area contributed by atoms with Crippen molar-refractivity contribution < 1.29 is 8.42 Å². The molecule has 0 amide bonds. The fourth-order valence-corrected chi connectivity index (χ4v) is 3.87. The molecule has 0 N–H and O–H groups in total. The average Bonchev–Trinajstić information content (AvgIpc) is 2.17. The molecule has 1 aliphatic carbocycles. The van der Waals surface area contributed by atoms with Crippen molar-refractivity contribution in [1.82, 2.24) is 4.31 Å². The first-order chi connectivity index (χ1) is 7.62. The maximum absolute atomic E-state index is 12.3. The SMILES string of the molecule is CCN(CC)S(=O)(=O)/C1=C/CCCCCC1. The Balaban J connectivity index is 2.87.